The molecule has 0 amide bonds. The Morgan fingerprint density at radius 2 is 1.89 bits per heavy atom. The van der Waals surface area contributed by atoms with Crippen LogP contribution in [0.2, 0.25) is 0 Å². The second-order valence-corrected chi connectivity index (χ2v) is 10.1. The number of carbonyl (C=O) groups is 1. The van der Waals surface area contributed by atoms with E-state index < -0.39 is 0 Å². The third kappa shape index (κ3) is 4.93. The summed E-state index contributed by atoms with van der Waals surface area (Å²) in [7, 11) is 0. The normalized spacial score (nSPS) is 18.9. The van der Waals surface area contributed by atoms with Gasteiger partial charge in [0.15, 0.2) is 5.82 Å². The first kappa shape index (κ1) is 24.6. The summed E-state index contributed by atoms with van der Waals surface area (Å²) in [6, 6.07) is 8.04. The molecule has 1 aliphatic carbocycles. The van der Waals surface area contributed by atoms with Gasteiger partial charge in [0, 0.05) is 24.2 Å². The fraction of sp³-hybridized carbons (Fsp3) is 0.593. The van der Waals surface area contributed by atoms with E-state index in [2.05, 4.69) is 44.5 Å². The molecule has 0 bridgehead atoms. The number of likely N-dealkylation sites (tertiary alicyclic amines) is 1. The van der Waals surface area contributed by atoms with Gasteiger partial charge in [0.05, 0.1) is 18.6 Å². The number of aromatic amines is 1. The maximum Gasteiger partial charge on any atom is 0.309 e. The highest BCUT2D eigenvalue weighted by Crippen LogP contribution is 2.35. The van der Waals surface area contributed by atoms with E-state index in [0.717, 1.165) is 43.0 Å². The number of hydrogen-bond acceptors (Lipinski definition) is 7. The number of esters is 1. The van der Waals surface area contributed by atoms with E-state index >= 15 is 0 Å². The summed E-state index contributed by atoms with van der Waals surface area (Å²) in [4.78, 5) is 31.2. The van der Waals surface area contributed by atoms with Gasteiger partial charge >= 0.3 is 5.97 Å². The molecular formula is C27H36N6O3. The number of tetrazole rings is 1. The van der Waals surface area contributed by atoms with Crippen LogP contribution in [0.5, 0.6) is 0 Å². The SMILES string of the molecule is CCOC(=O)C1CCN([C@H](c2cc3cc(CC)ccc3[nH]c2=O)c2nnnn2C2CCCCC2)CC1. The molecule has 1 aliphatic heterocycles. The highest BCUT2D eigenvalue weighted by molar-refractivity contribution is 5.80. The summed E-state index contributed by atoms with van der Waals surface area (Å²) in [5.74, 6) is 0.475. The van der Waals surface area contributed by atoms with Crippen LogP contribution >= 0.6 is 0 Å². The third-order valence-corrected chi connectivity index (χ3v) is 7.84. The summed E-state index contributed by atoms with van der Waals surface area (Å²) in [6.07, 6.45) is 7.95. The van der Waals surface area contributed by atoms with Crippen molar-refractivity contribution in [3.8, 4) is 0 Å². The second kappa shape index (κ2) is 10.9. The molecule has 1 atom stereocenters. The fourth-order valence-electron chi connectivity index (χ4n) is 5.81. The molecule has 3 aromatic rings. The molecule has 192 valence electrons. The molecule has 1 saturated carbocycles. The molecule has 2 fully saturated rings. The molecule has 0 radical (unpaired) electrons. The summed E-state index contributed by atoms with van der Waals surface area (Å²) in [6.45, 7) is 5.69. The molecule has 9 heteroatoms. The Bertz CT molecular complexity index is 1250. The average Bonchev–Trinajstić information content (AvgIpc) is 3.39. The first-order valence-corrected chi connectivity index (χ1v) is 13.4. The van der Waals surface area contributed by atoms with Crippen molar-refractivity contribution in [3.05, 3.63) is 51.6 Å². The molecule has 9 nitrogen and oxygen atoms in total. The highest BCUT2D eigenvalue weighted by atomic mass is 16.5. The number of piperidine rings is 1. The average molecular weight is 493 g/mol. The van der Waals surface area contributed by atoms with Gasteiger partial charge in [-0.25, -0.2) is 4.68 Å². The van der Waals surface area contributed by atoms with Crippen LogP contribution in [0.25, 0.3) is 10.9 Å². The zero-order chi connectivity index (χ0) is 25.1. The minimum atomic E-state index is -0.386. The fourth-order valence-corrected chi connectivity index (χ4v) is 5.81. The van der Waals surface area contributed by atoms with Crippen LogP contribution in [0.1, 0.15) is 87.8 Å². The predicted octanol–water partition coefficient (Wildman–Crippen LogP) is 3.95. The lowest BCUT2D eigenvalue weighted by Crippen LogP contribution is -2.42. The van der Waals surface area contributed by atoms with Gasteiger partial charge in [-0.2, -0.15) is 0 Å². The zero-order valence-corrected chi connectivity index (χ0v) is 21.3. The highest BCUT2D eigenvalue weighted by Gasteiger charge is 2.36. The molecule has 1 saturated heterocycles. The number of hydrogen-bond donors (Lipinski definition) is 1. The van der Waals surface area contributed by atoms with Crippen molar-refractivity contribution in [2.45, 2.75) is 77.3 Å². The molecule has 5 rings (SSSR count). The van der Waals surface area contributed by atoms with Gasteiger partial charge in [0.1, 0.15) is 6.04 Å². The van der Waals surface area contributed by atoms with E-state index in [1.165, 1.54) is 12.0 Å². The summed E-state index contributed by atoms with van der Waals surface area (Å²) >= 11 is 0. The van der Waals surface area contributed by atoms with Crippen LogP contribution in [-0.2, 0) is 16.0 Å². The van der Waals surface area contributed by atoms with Crippen molar-refractivity contribution >= 4 is 16.9 Å². The molecule has 3 heterocycles. The number of fused-ring (bicyclic) bond motifs is 1. The van der Waals surface area contributed by atoms with Crippen LogP contribution in [0, 0.1) is 5.92 Å². The predicted molar refractivity (Wildman–Crippen MR) is 137 cm³/mol. The standard InChI is InChI=1S/C27H36N6O3/c1-3-18-10-11-23-20(16-18)17-22(26(34)28-23)24(32-14-12-19(13-15-32)27(35)36-4-2)25-29-30-31-33(25)21-8-6-5-7-9-21/h10-11,16-17,19,21,24H,3-9,12-15H2,1-2H3,(H,28,34)/t24-/m1/s1. The van der Waals surface area contributed by atoms with Crippen molar-refractivity contribution in [1.82, 2.24) is 30.1 Å². The minimum absolute atomic E-state index is 0.113. The minimum Gasteiger partial charge on any atom is -0.466 e. The van der Waals surface area contributed by atoms with Gasteiger partial charge < -0.3 is 9.72 Å². The van der Waals surface area contributed by atoms with E-state index in [1.54, 1.807) is 0 Å². The Morgan fingerprint density at radius 1 is 1.11 bits per heavy atom. The van der Waals surface area contributed by atoms with Gasteiger partial charge in [-0.1, -0.05) is 32.3 Å². The second-order valence-electron chi connectivity index (χ2n) is 10.1. The van der Waals surface area contributed by atoms with Gasteiger partial charge in [0.25, 0.3) is 5.56 Å². The van der Waals surface area contributed by atoms with Gasteiger partial charge in [-0.15, -0.1) is 5.10 Å². The Morgan fingerprint density at radius 3 is 2.61 bits per heavy atom. The number of nitrogens with zero attached hydrogens (tertiary/aromatic N) is 5. The van der Waals surface area contributed by atoms with Crippen molar-refractivity contribution in [2.24, 2.45) is 5.92 Å². The van der Waals surface area contributed by atoms with Crippen LogP contribution in [0.4, 0.5) is 0 Å². The number of rotatable bonds is 7. The van der Waals surface area contributed by atoms with Gasteiger partial charge in [-0.3, -0.25) is 14.5 Å². The van der Waals surface area contributed by atoms with Crippen molar-refractivity contribution in [3.63, 3.8) is 0 Å². The molecule has 0 unspecified atom stereocenters. The molecule has 2 aliphatic rings. The largest absolute Gasteiger partial charge is 0.466 e. The van der Waals surface area contributed by atoms with Crippen molar-refractivity contribution in [1.29, 1.82) is 0 Å². The molecular weight excluding hydrogens is 456 g/mol. The Hall–Kier alpha value is -3.07. The molecule has 1 N–H and O–H groups in total. The summed E-state index contributed by atoms with van der Waals surface area (Å²) < 4.78 is 7.24. The van der Waals surface area contributed by atoms with Gasteiger partial charge in [0.2, 0.25) is 0 Å². The number of ether oxygens (including phenoxy) is 1. The number of benzene rings is 1. The van der Waals surface area contributed by atoms with Crippen LogP contribution in [0.3, 0.4) is 0 Å². The Kier molecular flexibility index (Phi) is 7.46. The first-order valence-electron chi connectivity index (χ1n) is 13.4. The Balaban J connectivity index is 1.55. The summed E-state index contributed by atoms with van der Waals surface area (Å²) in [5, 5.41) is 14.0. The van der Waals surface area contributed by atoms with E-state index in [9.17, 15) is 9.59 Å². The van der Waals surface area contributed by atoms with Crippen molar-refractivity contribution < 1.29 is 9.53 Å². The maximum atomic E-state index is 13.5. The number of pyridine rings is 1. The number of nitrogens with one attached hydrogen (secondary N) is 1. The van der Waals surface area contributed by atoms with E-state index in [0.29, 0.717) is 43.9 Å². The number of aryl methyl sites for hydroxylation is 1. The lowest BCUT2D eigenvalue weighted by atomic mass is 9.92. The van der Waals surface area contributed by atoms with Gasteiger partial charge in [-0.05, 0) is 78.6 Å². The number of carbonyl (C=O) groups excluding carboxylic acids is 1. The van der Waals surface area contributed by atoms with E-state index in [4.69, 9.17) is 4.74 Å². The molecule has 1 aromatic carbocycles. The topological polar surface area (TPSA) is 106 Å². The lowest BCUT2D eigenvalue weighted by molar-refractivity contribution is -0.149. The molecule has 0 spiro atoms. The first-order chi connectivity index (χ1) is 17.6. The Labute approximate surface area is 211 Å². The van der Waals surface area contributed by atoms with Crippen LogP contribution < -0.4 is 5.56 Å². The van der Waals surface area contributed by atoms with Crippen LogP contribution in [-0.4, -0.2) is 55.8 Å². The zero-order valence-electron chi connectivity index (χ0n) is 21.3. The third-order valence-electron chi connectivity index (χ3n) is 7.84. The van der Waals surface area contributed by atoms with E-state index in [1.807, 2.05) is 23.7 Å². The quantitative estimate of drug-likeness (QED) is 0.498. The summed E-state index contributed by atoms with van der Waals surface area (Å²) in [5.41, 5.74) is 2.58. The molecule has 2 aromatic heterocycles. The maximum absolute atomic E-state index is 13.5. The van der Waals surface area contributed by atoms with Crippen LogP contribution in [0.15, 0.2) is 29.1 Å². The van der Waals surface area contributed by atoms with E-state index in [-0.39, 0.29) is 29.5 Å². The number of aromatic nitrogens is 5. The number of H-pyrrole nitrogens is 1. The lowest BCUT2D eigenvalue weighted by Gasteiger charge is -2.36. The van der Waals surface area contributed by atoms with Crippen molar-refractivity contribution in [2.75, 3.05) is 19.7 Å². The molecule has 36 heavy (non-hydrogen) atoms. The smallest absolute Gasteiger partial charge is 0.309 e. The monoisotopic (exact) mass is 492 g/mol.